The number of hydrogen-bond acceptors (Lipinski definition) is 3. The molecular formula is C11H13FO3. The molecule has 82 valence electrons. The van der Waals surface area contributed by atoms with Crippen LogP contribution in [-0.2, 0) is 4.74 Å². The van der Waals surface area contributed by atoms with Gasteiger partial charge in [-0.15, -0.1) is 0 Å². The molecule has 0 aliphatic carbocycles. The number of halogens is 1. The molecule has 1 rings (SSSR count). The third kappa shape index (κ3) is 2.53. The Balaban J connectivity index is 3.00. The first-order valence-electron chi connectivity index (χ1n) is 4.50. The summed E-state index contributed by atoms with van der Waals surface area (Å²) in [4.78, 5) is 11.6. The Kier molecular flexibility index (Phi) is 3.80. The second-order valence-corrected chi connectivity index (χ2v) is 3.09. The predicted octanol–water partition coefficient (Wildman–Crippen LogP) is 2.05. The third-order valence-electron chi connectivity index (χ3n) is 2.16. The number of methoxy groups -OCH3 is 2. The Morgan fingerprint density at radius 1 is 1.40 bits per heavy atom. The fourth-order valence-corrected chi connectivity index (χ4v) is 1.15. The van der Waals surface area contributed by atoms with Crippen LogP contribution >= 0.6 is 0 Å². The average molecular weight is 212 g/mol. The van der Waals surface area contributed by atoms with E-state index < -0.39 is 11.9 Å². The van der Waals surface area contributed by atoms with Crippen molar-refractivity contribution in [1.82, 2.24) is 0 Å². The number of Topliss-reactive ketones (excluding diaryl/α,β-unsaturated/α-hetero) is 1. The molecular weight excluding hydrogens is 199 g/mol. The fourth-order valence-electron chi connectivity index (χ4n) is 1.15. The molecule has 0 aliphatic heterocycles. The summed E-state index contributed by atoms with van der Waals surface area (Å²) in [7, 11) is 2.85. The molecule has 4 heteroatoms. The lowest BCUT2D eigenvalue weighted by atomic mass is 10.1. The summed E-state index contributed by atoms with van der Waals surface area (Å²) < 4.78 is 23.1. The minimum absolute atomic E-state index is 0.0187. The van der Waals surface area contributed by atoms with Gasteiger partial charge in [-0.05, 0) is 19.1 Å². The highest BCUT2D eigenvalue weighted by atomic mass is 19.1. The smallest absolute Gasteiger partial charge is 0.194 e. The van der Waals surface area contributed by atoms with Gasteiger partial charge in [0.15, 0.2) is 5.78 Å². The van der Waals surface area contributed by atoms with Crippen LogP contribution in [0.5, 0.6) is 5.75 Å². The van der Waals surface area contributed by atoms with E-state index in [4.69, 9.17) is 9.47 Å². The van der Waals surface area contributed by atoms with Crippen molar-refractivity contribution >= 4 is 5.78 Å². The van der Waals surface area contributed by atoms with Crippen molar-refractivity contribution in [2.75, 3.05) is 14.2 Å². The van der Waals surface area contributed by atoms with Crippen LogP contribution in [0.25, 0.3) is 0 Å². The van der Waals surface area contributed by atoms with E-state index in [0.717, 1.165) is 0 Å². The van der Waals surface area contributed by atoms with Crippen LogP contribution in [0.15, 0.2) is 18.2 Å². The second-order valence-electron chi connectivity index (χ2n) is 3.09. The summed E-state index contributed by atoms with van der Waals surface area (Å²) in [6.45, 7) is 1.58. The van der Waals surface area contributed by atoms with Crippen molar-refractivity contribution in [3.05, 3.63) is 29.6 Å². The van der Waals surface area contributed by atoms with Gasteiger partial charge in [0.1, 0.15) is 17.7 Å². The molecule has 0 fully saturated rings. The Morgan fingerprint density at radius 2 is 2.07 bits per heavy atom. The Hall–Kier alpha value is -1.42. The largest absolute Gasteiger partial charge is 0.497 e. The monoisotopic (exact) mass is 212 g/mol. The predicted molar refractivity (Wildman–Crippen MR) is 53.8 cm³/mol. The Labute approximate surface area is 87.8 Å². The van der Waals surface area contributed by atoms with E-state index in [-0.39, 0.29) is 11.3 Å². The molecule has 0 spiro atoms. The van der Waals surface area contributed by atoms with Crippen LogP contribution < -0.4 is 4.74 Å². The average Bonchev–Trinajstić information content (AvgIpc) is 2.26. The van der Waals surface area contributed by atoms with E-state index in [2.05, 4.69) is 0 Å². The molecule has 0 amide bonds. The first-order chi connectivity index (χ1) is 7.10. The fraction of sp³-hybridized carbons (Fsp3) is 0.364. The summed E-state index contributed by atoms with van der Waals surface area (Å²) in [6.07, 6.45) is -0.645. The van der Waals surface area contributed by atoms with E-state index in [1.807, 2.05) is 0 Å². The number of carbonyl (C=O) groups is 1. The molecule has 1 unspecified atom stereocenters. The van der Waals surface area contributed by atoms with E-state index in [0.29, 0.717) is 5.75 Å². The topological polar surface area (TPSA) is 35.5 Å². The van der Waals surface area contributed by atoms with Crippen LogP contribution in [0, 0.1) is 5.82 Å². The van der Waals surface area contributed by atoms with Crippen molar-refractivity contribution in [3.63, 3.8) is 0 Å². The second kappa shape index (κ2) is 4.89. The van der Waals surface area contributed by atoms with Gasteiger partial charge in [-0.25, -0.2) is 4.39 Å². The first kappa shape index (κ1) is 11.7. The molecule has 15 heavy (non-hydrogen) atoms. The van der Waals surface area contributed by atoms with Gasteiger partial charge in [-0.2, -0.15) is 0 Å². The van der Waals surface area contributed by atoms with Crippen LogP contribution in [0.2, 0.25) is 0 Å². The molecule has 0 heterocycles. The maximum absolute atomic E-state index is 13.4. The number of benzene rings is 1. The summed E-state index contributed by atoms with van der Waals surface area (Å²) in [5.74, 6) is -0.588. The lowest BCUT2D eigenvalue weighted by molar-refractivity contribution is 0.0651. The van der Waals surface area contributed by atoms with Crippen molar-refractivity contribution < 1.29 is 18.7 Å². The van der Waals surface area contributed by atoms with Gasteiger partial charge in [0.2, 0.25) is 0 Å². The summed E-state index contributed by atoms with van der Waals surface area (Å²) in [5, 5.41) is 0. The van der Waals surface area contributed by atoms with Crippen molar-refractivity contribution in [2.24, 2.45) is 0 Å². The molecule has 0 saturated carbocycles. The quantitative estimate of drug-likeness (QED) is 0.716. The maximum atomic E-state index is 13.4. The lowest BCUT2D eigenvalue weighted by Gasteiger charge is -2.09. The van der Waals surface area contributed by atoms with E-state index in [1.54, 1.807) is 13.0 Å². The van der Waals surface area contributed by atoms with Crippen molar-refractivity contribution in [2.45, 2.75) is 13.0 Å². The van der Waals surface area contributed by atoms with E-state index in [9.17, 15) is 9.18 Å². The van der Waals surface area contributed by atoms with Gasteiger partial charge in [0, 0.05) is 13.2 Å². The maximum Gasteiger partial charge on any atom is 0.194 e. The number of rotatable bonds is 4. The molecule has 0 radical (unpaired) electrons. The van der Waals surface area contributed by atoms with Gasteiger partial charge in [0.25, 0.3) is 0 Å². The summed E-state index contributed by atoms with van der Waals surface area (Å²) >= 11 is 0. The van der Waals surface area contributed by atoms with Gasteiger partial charge >= 0.3 is 0 Å². The number of carbonyl (C=O) groups excluding carboxylic acids is 1. The normalized spacial score (nSPS) is 12.3. The molecule has 0 saturated heterocycles. The highest BCUT2D eigenvalue weighted by Crippen LogP contribution is 2.17. The SMILES string of the molecule is COc1ccc(C(=O)C(C)OC)c(F)c1. The Morgan fingerprint density at radius 3 is 2.53 bits per heavy atom. The van der Waals surface area contributed by atoms with Crippen molar-refractivity contribution in [1.29, 1.82) is 0 Å². The zero-order valence-electron chi connectivity index (χ0n) is 8.91. The lowest BCUT2D eigenvalue weighted by Crippen LogP contribution is -2.20. The molecule has 1 aromatic carbocycles. The van der Waals surface area contributed by atoms with Crippen LogP contribution in [0.4, 0.5) is 4.39 Å². The molecule has 0 bridgehead atoms. The minimum atomic E-state index is -0.645. The molecule has 1 aromatic rings. The highest BCUT2D eigenvalue weighted by Gasteiger charge is 2.18. The molecule has 0 aromatic heterocycles. The van der Waals surface area contributed by atoms with Gasteiger partial charge in [-0.1, -0.05) is 0 Å². The highest BCUT2D eigenvalue weighted by molar-refractivity contribution is 5.99. The Bertz CT molecular complexity index is 363. The minimum Gasteiger partial charge on any atom is -0.497 e. The third-order valence-corrected chi connectivity index (χ3v) is 2.16. The summed E-state index contributed by atoms with van der Waals surface area (Å²) in [5.41, 5.74) is 0.0187. The zero-order valence-corrected chi connectivity index (χ0v) is 8.91. The standard InChI is InChI=1S/C11H13FO3/c1-7(14-2)11(13)9-5-4-8(15-3)6-10(9)12/h4-7H,1-3H3. The van der Waals surface area contributed by atoms with Crippen LogP contribution in [0.1, 0.15) is 17.3 Å². The van der Waals surface area contributed by atoms with Crippen molar-refractivity contribution in [3.8, 4) is 5.75 Å². The number of ketones is 1. The van der Waals surface area contributed by atoms with E-state index in [1.165, 1.54) is 26.4 Å². The summed E-state index contributed by atoms with van der Waals surface area (Å²) in [6, 6.07) is 4.11. The molecule has 0 N–H and O–H groups in total. The van der Waals surface area contributed by atoms with Crippen LogP contribution in [0.3, 0.4) is 0 Å². The number of ether oxygens (including phenoxy) is 2. The zero-order chi connectivity index (χ0) is 11.4. The first-order valence-corrected chi connectivity index (χ1v) is 4.50. The van der Waals surface area contributed by atoms with Gasteiger partial charge in [-0.3, -0.25) is 4.79 Å². The van der Waals surface area contributed by atoms with Crippen LogP contribution in [-0.4, -0.2) is 26.1 Å². The molecule has 0 aliphatic rings. The molecule has 3 nitrogen and oxygen atoms in total. The van der Waals surface area contributed by atoms with E-state index >= 15 is 0 Å². The number of hydrogen-bond donors (Lipinski definition) is 0. The molecule has 1 atom stereocenters. The van der Waals surface area contributed by atoms with Gasteiger partial charge < -0.3 is 9.47 Å². The van der Waals surface area contributed by atoms with Gasteiger partial charge in [0.05, 0.1) is 12.7 Å².